The Morgan fingerprint density at radius 3 is 2.48 bits per heavy atom. The third kappa shape index (κ3) is 9.10. The van der Waals surface area contributed by atoms with Crippen molar-refractivity contribution >= 4 is 29.9 Å². The third-order valence-corrected chi connectivity index (χ3v) is 3.55. The van der Waals surface area contributed by atoms with Crippen LogP contribution in [0, 0.1) is 11.7 Å². The first-order chi connectivity index (χ1) is 10.4. The number of aliphatic imine (C=N–C) groups is 1. The van der Waals surface area contributed by atoms with Crippen molar-refractivity contribution in [3.63, 3.8) is 0 Å². The molecule has 0 bridgehead atoms. The fourth-order valence-corrected chi connectivity index (χ4v) is 2.29. The van der Waals surface area contributed by atoms with Gasteiger partial charge >= 0.3 is 0 Å². The first-order valence-corrected chi connectivity index (χ1v) is 7.77. The Morgan fingerprint density at radius 1 is 1.26 bits per heavy atom. The molecule has 6 heteroatoms. The van der Waals surface area contributed by atoms with Crippen LogP contribution in [0.4, 0.5) is 4.39 Å². The standard InChI is InChI=1S/C17H29FN4.HI/c1-13(2)9-16(22(4)5)12-21-17(19-3)20-11-14-7-6-8-15(18)10-14;/h6-8,10,13,16H,9,11-12H2,1-5H3,(H2,19,20,21);1H. The maximum atomic E-state index is 13.2. The summed E-state index contributed by atoms with van der Waals surface area (Å²) in [5.74, 6) is 1.17. The highest BCUT2D eigenvalue weighted by Gasteiger charge is 2.13. The van der Waals surface area contributed by atoms with Crippen LogP contribution in [0.5, 0.6) is 0 Å². The van der Waals surface area contributed by atoms with Gasteiger partial charge < -0.3 is 15.5 Å². The number of nitrogens with one attached hydrogen (secondary N) is 2. The normalized spacial score (nSPS) is 13.0. The summed E-state index contributed by atoms with van der Waals surface area (Å²) in [7, 11) is 5.93. The number of hydrogen-bond donors (Lipinski definition) is 2. The first-order valence-electron chi connectivity index (χ1n) is 7.77. The molecule has 0 saturated heterocycles. The summed E-state index contributed by atoms with van der Waals surface area (Å²) in [4.78, 5) is 6.45. The molecule has 0 fully saturated rings. The van der Waals surface area contributed by atoms with Gasteiger partial charge in [-0.15, -0.1) is 24.0 Å². The summed E-state index contributed by atoms with van der Waals surface area (Å²) in [6.07, 6.45) is 1.13. The topological polar surface area (TPSA) is 39.7 Å². The van der Waals surface area contributed by atoms with Gasteiger partial charge in [0.15, 0.2) is 5.96 Å². The van der Waals surface area contributed by atoms with Crippen LogP contribution in [-0.4, -0.2) is 44.6 Å². The minimum absolute atomic E-state index is 0. The first kappa shape index (κ1) is 22.1. The van der Waals surface area contributed by atoms with Gasteiger partial charge in [-0.25, -0.2) is 4.39 Å². The lowest BCUT2D eigenvalue weighted by molar-refractivity contribution is 0.254. The monoisotopic (exact) mass is 436 g/mol. The lowest BCUT2D eigenvalue weighted by Gasteiger charge is -2.27. The molecule has 0 radical (unpaired) electrons. The average molecular weight is 436 g/mol. The second kappa shape index (κ2) is 11.6. The number of nitrogens with zero attached hydrogens (tertiary/aromatic N) is 2. The summed E-state index contributed by atoms with van der Waals surface area (Å²) in [6, 6.07) is 7.04. The van der Waals surface area contributed by atoms with E-state index in [0.717, 1.165) is 24.5 Å². The van der Waals surface area contributed by atoms with Crippen molar-refractivity contribution in [1.29, 1.82) is 0 Å². The van der Waals surface area contributed by atoms with Crippen LogP contribution in [0.3, 0.4) is 0 Å². The van der Waals surface area contributed by atoms with Gasteiger partial charge in [-0.1, -0.05) is 26.0 Å². The molecule has 0 aliphatic rings. The van der Waals surface area contributed by atoms with E-state index in [1.807, 2.05) is 6.07 Å². The van der Waals surface area contributed by atoms with Crippen molar-refractivity contribution in [3.05, 3.63) is 35.6 Å². The van der Waals surface area contributed by atoms with E-state index >= 15 is 0 Å². The van der Waals surface area contributed by atoms with E-state index in [1.54, 1.807) is 13.1 Å². The molecule has 0 amide bonds. The van der Waals surface area contributed by atoms with E-state index in [9.17, 15) is 4.39 Å². The molecule has 0 aromatic heterocycles. The second-order valence-corrected chi connectivity index (χ2v) is 6.18. The molecule has 0 spiro atoms. The molecule has 4 nitrogen and oxygen atoms in total. The van der Waals surface area contributed by atoms with Crippen LogP contribution >= 0.6 is 24.0 Å². The van der Waals surface area contributed by atoms with Crippen molar-refractivity contribution in [2.45, 2.75) is 32.9 Å². The van der Waals surface area contributed by atoms with E-state index in [1.165, 1.54) is 12.1 Å². The molecule has 2 N–H and O–H groups in total. The number of hydrogen-bond acceptors (Lipinski definition) is 2. The van der Waals surface area contributed by atoms with Gasteiger partial charge in [0.1, 0.15) is 5.82 Å². The number of benzene rings is 1. The minimum atomic E-state index is -0.216. The summed E-state index contributed by atoms with van der Waals surface area (Å²) in [6.45, 7) is 5.84. The zero-order chi connectivity index (χ0) is 16.5. The van der Waals surface area contributed by atoms with Gasteiger partial charge in [0.05, 0.1) is 0 Å². The lowest BCUT2D eigenvalue weighted by Crippen LogP contribution is -2.45. The Balaban J connectivity index is 0.00000484. The Morgan fingerprint density at radius 2 is 1.96 bits per heavy atom. The molecule has 0 aliphatic heterocycles. The van der Waals surface area contributed by atoms with Crippen LogP contribution < -0.4 is 10.6 Å². The van der Waals surface area contributed by atoms with Crippen LogP contribution in [0.25, 0.3) is 0 Å². The molecule has 1 rings (SSSR count). The zero-order valence-electron chi connectivity index (χ0n) is 14.8. The van der Waals surface area contributed by atoms with Crippen LogP contribution in [-0.2, 0) is 6.54 Å². The van der Waals surface area contributed by atoms with Crippen molar-refractivity contribution < 1.29 is 4.39 Å². The SMILES string of the molecule is CN=C(NCc1cccc(F)c1)NCC(CC(C)C)N(C)C.I. The molecule has 23 heavy (non-hydrogen) atoms. The zero-order valence-corrected chi connectivity index (χ0v) is 17.1. The number of guanidine groups is 1. The quantitative estimate of drug-likeness (QED) is 0.392. The Bertz CT molecular complexity index is 477. The molecule has 1 aromatic rings. The lowest BCUT2D eigenvalue weighted by atomic mass is 10.0. The maximum Gasteiger partial charge on any atom is 0.191 e. The highest BCUT2D eigenvalue weighted by Crippen LogP contribution is 2.08. The Kier molecular flexibility index (Phi) is 11.2. The van der Waals surface area contributed by atoms with Crippen molar-refractivity contribution in [2.24, 2.45) is 10.9 Å². The summed E-state index contributed by atoms with van der Waals surface area (Å²) in [5, 5.41) is 6.56. The summed E-state index contributed by atoms with van der Waals surface area (Å²) < 4.78 is 13.2. The Labute approximate surface area is 157 Å². The van der Waals surface area contributed by atoms with E-state index in [0.29, 0.717) is 18.5 Å². The number of likely N-dealkylation sites (N-methyl/N-ethyl adjacent to an activating group) is 1. The van der Waals surface area contributed by atoms with Gasteiger partial charge in [0.25, 0.3) is 0 Å². The molecule has 1 aromatic carbocycles. The van der Waals surface area contributed by atoms with Gasteiger partial charge in [-0.2, -0.15) is 0 Å². The number of halogens is 2. The van der Waals surface area contributed by atoms with Gasteiger partial charge in [-0.3, -0.25) is 4.99 Å². The highest BCUT2D eigenvalue weighted by molar-refractivity contribution is 14.0. The van der Waals surface area contributed by atoms with Gasteiger partial charge in [0, 0.05) is 26.2 Å². The minimum Gasteiger partial charge on any atom is -0.355 e. The van der Waals surface area contributed by atoms with Crippen molar-refractivity contribution in [3.8, 4) is 0 Å². The van der Waals surface area contributed by atoms with E-state index in [-0.39, 0.29) is 29.8 Å². The van der Waals surface area contributed by atoms with Crippen molar-refractivity contribution in [2.75, 3.05) is 27.7 Å². The third-order valence-electron chi connectivity index (χ3n) is 3.55. The molecular weight excluding hydrogens is 406 g/mol. The van der Waals surface area contributed by atoms with Gasteiger partial charge in [0.2, 0.25) is 0 Å². The maximum absolute atomic E-state index is 13.2. The highest BCUT2D eigenvalue weighted by atomic mass is 127. The fourth-order valence-electron chi connectivity index (χ4n) is 2.29. The largest absolute Gasteiger partial charge is 0.355 e. The Hall–Kier alpha value is -0.890. The molecular formula is C17H30FIN4. The van der Waals surface area contributed by atoms with E-state index < -0.39 is 0 Å². The van der Waals surface area contributed by atoms with E-state index in [2.05, 4.69) is 48.5 Å². The average Bonchev–Trinajstić information content (AvgIpc) is 2.45. The van der Waals surface area contributed by atoms with Crippen LogP contribution in [0.2, 0.25) is 0 Å². The fraction of sp³-hybridized carbons (Fsp3) is 0.588. The van der Waals surface area contributed by atoms with Gasteiger partial charge in [-0.05, 0) is 44.1 Å². The molecule has 0 heterocycles. The molecule has 0 saturated carbocycles. The summed E-state index contributed by atoms with van der Waals surface area (Å²) in [5.41, 5.74) is 0.897. The van der Waals surface area contributed by atoms with Crippen LogP contribution in [0.15, 0.2) is 29.3 Å². The smallest absolute Gasteiger partial charge is 0.191 e. The van der Waals surface area contributed by atoms with Crippen LogP contribution in [0.1, 0.15) is 25.8 Å². The molecule has 0 aliphatic carbocycles. The molecule has 132 valence electrons. The molecule has 1 unspecified atom stereocenters. The number of rotatable bonds is 7. The predicted molar refractivity (Wildman–Crippen MR) is 107 cm³/mol. The predicted octanol–water partition coefficient (Wildman–Crippen LogP) is 3.09. The molecule has 1 atom stereocenters. The second-order valence-electron chi connectivity index (χ2n) is 6.18. The van der Waals surface area contributed by atoms with E-state index in [4.69, 9.17) is 0 Å². The summed E-state index contributed by atoms with van der Waals surface area (Å²) >= 11 is 0. The van der Waals surface area contributed by atoms with Crippen molar-refractivity contribution in [1.82, 2.24) is 15.5 Å².